The van der Waals surface area contributed by atoms with Gasteiger partial charge in [-0.1, -0.05) is 0 Å². The summed E-state index contributed by atoms with van der Waals surface area (Å²) in [7, 11) is 3.38. The average Bonchev–Trinajstić information content (AvgIpc) is 3.31. The van der Waals surface area contributed by atoms with Crippen molar-refractivity contribution in [3.8, 4) is 17.1 Å². The highest BCUT2D eigenvalue weighted by molar-refractivity contribution is 5.90. The van der Waals surface area contributed by atoms with Gasteiger partial charge < -0.3 is 24.3 Å². The van der Waals surface area contributed by atoms with Crippen molar-refractivity contribution in [2.24, 2.45) is 0 Å². The molecule has 34 heavy (non-hydrogen) atoms. The number of ether oxygens (including phenoxy) is 2. The second-order valence-corrected chi connectivity index (χ2v) is 8.71. The monoisotopic (exact) mass is 460 g/mol. The maximum atomic E-state index is 5.65. The molecule has 1 aliphatic heterocycles. The summed E-state index contributed by atoms with van der Waals surface area (Å²) >= 11 is 0. The van der Waals surface area contributed by atoms with Crippen LogP contribution in [0.4, 0.5) is 17.5 Å². The molecule has 1 N–H and O–H groups in total. The van der Waals surface area contributed by atoms with E-state index in [2.05, 4.69) is 39.2 Å². The molecule has 3 aromatic heterocycles. The Bertz CT molecular complexity index is 1350. The Morgan fingerprint density at radius 2 is 1.97 bits per heavy atom. The number of pyridine rings is 1. The molecule has 5 rings (SSSR count). The van der Waals surface area contributed by atoms with Crippen molar-refractivity contribution in [2.75, 3.05) is 37.5 Å². The van der Waals surface area contributed by atoms with Crippen LogP contribution in [0.3, 0.4) is 0 Å². The number of hydrogen-bond acceptors (Lipinski definition) is 9. The van der Waals surface area contributed by atoms with Crippen LogP contribution in [0.25, 0.3) is 22.3 Å². The molecule has 0 atom stereocenters. The molecule has 4 heterocycles. The minimum absolute atomic E-state index is 0.164. The Kier molecular flexibility index (Phi) is 5.52. The summed E-state index contributed by atoms with van der Waals surface area (Å²) in [5.41, 5.74) is 3.24. The van der Waals surface area contributed by atoms with Crippen LogP contribution in [-0.4, -0.2) is 62.6 Å². The highest BCUT2D eigenvalue weighted by Gasteiger charge is 2.40. The molecule has 10 heteroatoms. The van der Waals surface area contributed by atoms with E-state index in [0.717, 1.165) is 59.1 Å². The Hall–Kier alpha value is -3.79. The molecule has 10 nitrogen and oxygen atoms in total. The fraction of sp³-hybridized carbons (Fsp3) is 0.375. The number of nitrogens with one attached hydrogen (secondary N) is 1. The lowest BCUT2D eigenvalue weighted by Crippen LogP contribution is -2.61. The Morgan fingerprint density at radius 3 is 2.71 bits per heavy atom. The lowest BCUT2D eigenvalue weighted by atomic mass is 9.96. The Morgan fingerprint density at radius 1 is 1.15 bits per heavy atom. The van der Waals surface area contributed by atoms with Crippen LogP contribution in [0.1, 0.15) is 19.5 Å². The van der Waals surface area contributed by atoms with Gasteiger partial charge in [-0.3, -0.25) is 0 Å². The van der Waals surface area contributed by atoms with Crippen molar-refractivity contribution in [3.05, 3.63) is 42.5 Å². The van der Waals surface area contributed by atoms with Crippen molar-refractivity contribution >= 4 is 28.4 Å². The summed E-state index contributed by atoms with van der Waals surface area (Å²) in [5.74, 6) is 2.76. The number of methoxy groups -OCH3 is 2. The third-order valence-corrected chi connectivity index (χ3v) is 6.18. The molecule has 1 aromatic carbocycles. The molecular weight excluding hydrogens is 432 g/mol. The molecule has 0 saturated carbocycles. The molecule has 0 unspecified atom stereocenters. The van der Waals surface area contributed by atoms with Gasteiger partial charge in [0, 0.05) is 36.5 Å². The maximum Gasteiger partial charge on any atom is 0.227 e. The van der Waals surface area contributed by atoms with Crippen molar-refractivity contribution in [3.63, 3.8) is 0 Å². The number of aromatic nitrogens is 6. The molecule has 1 saturated heterocycles. The summed E-state index contributed by atoms with van der Waals surface area (Å²) in [5, 5.41) is 12.5. The first-order valence-electron chi connectivity index (χ1n) is 11.2. The van der Waals surface area contributed by atoms with E-state index < -0.39 is 0 Å². The van der Waals surface area contributed by atoms with Gasteiger partial charge in [-0.05, 0) is 45.0 Å². The zero-order valence-corrected chi connectivity index (χ0v) is 20.0. The smallest absolute Gasteiger partial charge is 0.227 e. The molecule has 0 aliphatic carbocycles. The van der Waals surface area contributed by atoms with Crippen LogP contribution < -0.4 is 15.0 Å². The molecule has 0 spiro atoms. The van der Waals surface area contributed by atoms with E-state index in [1.165, 1.54) is 0 Å². The van der Waals surface area contributed by atoms with Gasteiger partial charge in [0.2, 0.25) is 5.95 Å². The number of nitrogens with zero attached hydrogens (tertiary/aromatic N) is 7. The van der Waals surface area contributed by atoms with Gasteiger partial charge in [-0.2, -0.15) is 0 Å². The number of anilines is 3. The lowest BCUT2D eigenvalue weighted by Gasteiger charge is -2.47. The first-order valence-corrected chi connectivity index (χ1v) is 11.2. The summed E-state index contributed by atoms with van der Waals surface area (Å²) < 4.78 is 13.2. The SMILES string of the molecule is CCn1cnnc1-c1ccc(Nc2ncc3cc(C)nc(N4CC(C)(OC)C4)c3n2)c(OC)c1. The minimum Gasteiger partial charge on any atom is -0.495 e. The fourth-order valence-corrected chi connectivity index (χ4v) is 4.24. The maximum absolute atomic E-state index is 5.65. The number of aryl methyl sites for hydroxylation is 2. The first kappa shape index (κ1) is 22.0. The highest BCUT2D eigenvalue weighted by atomic mass is 16.5. The van der Waals surface area contributed by atoms with Crippen molar-refractivity contribution in [2.45, 2.75) is 32.9 Å². The van der Waals surface area contributed by atoms with Crippen LogP contribution in [0.15, 0.2) is 36.8 Å². The zero-order chi connectivity index (χ0) is 23.9. The third kappa shape index (κ3) is 3.90. The molecule has 0 radical (unpaired) electrons. The van der Waals surface area contributed by atoms with E-state index in [1.807, 2.05) is 42.0 Å². The van der Waals surface area contributed by atoms with Crippen molar-refractivity contribution in [1.29, 1.82) is 0 Å². The molecular formula is C24H28N8O2. The average molecular weight is 461 g/mol. The number of hydrogen-bond donors (Lipinski definition) is 1. The predicted octanol–water partition coefficient (Wildman–Crippen LogP) is 3.59. The summed E-state index contributed by atoms with van der Waals surface area (Å²) in [6.07, 6.45) is 3.54. The molecule has 176 valence electrons. The highest BCUT2D eigenvalue weighted by Crippen LogP contribution is 2.35. The zero-order valence-electron chi connectivity index (χ0n) is 20.0. The topological polar surface area (TPSA) is 103 Å². The van der Waals surface area contributed by atoms with Crippen LogP contribution in [0, 0.1) is 6.92 Å². The van der Waals surface area contributed by atoms with Gasteiger partial charge in [-0.25, -0.2) is 15.0 Å². The fourth-order valence-electron chi connectivity index (χ4n) is 4.24. The third-order valence-electron chi connectivity index (χ3n) is 6.18. The van der Waals surface area contributed by atoms with E-state index in [1.54, 1.807) is 20.5 Å². The second kappa shape index (κ2) is 8.53. The second-order valence-electron chi connectivity index (χ2n) is 8.71. The van der Waals surface area contributed by atoms with Gasteiger partial charge >= 0.3 is 0 Å². The van der Waals surface area contributed by atoms with E-state index in [4.69, 9.17) is 19.4 Å². The number of rotatable bonds is 7. The van der Waals surface area contributed by atoms with E-state index in [0.29, 0.717) is 11.7 Å². The molecule has 0 bridgehead atoms. The van der Waals surface area contributed by atoms with Gasteiger partial charge in [-0.15, -0.1) is 10.2 Å². The molecule has 1 aliphatic rings. The first-order chi connectivity index (χ1) is 16.4. The summed E-state index contributed by atoms with van der Waals surface area (Å²) in [6.45, 7) is 8.45. The lowest BCUT2D eigenvalue weighted by molar-refractivity contribution is -0.0170. The van der Waals surface area contributed by atoms with E-state index in [-0.39, 0.29) is 5.60 Å². The van der Waals surface area contributed by atoms with Gasteiger partial charge in [0.15, 0.2) is 11.6 Å². The van der Waals surface area contributed by atoms with Crippen molar-refractivity contribution in [1.82, 2.24) is 29.7 Å². The molecule has 0 amide bonds. The quantitative estimate of drug-likeness (QED) is 0.443. The van der Waals surface area contributed by atoms with Gasteiger partial charge in [0.1, 0.15) is 17.6 Å². The summed E-state index contributed by atoms with van der Waals surface area (Å²) in [4.78, 5) is 16.3. The minimum atomic E-state index is -0.164. The Balaban J connectivity index is 1.47. The van der Waals surface area contributed by atoms with Crippen molar-refractivity contribution < 1.29 is 9.47 Å². The van der Waals surface area contributed by atoms with Gasteiger partial charge in [0.05, 0.1) is 31.5 Å². The standard InChI is InChI=1S/C24H28N8O2/c1-6-31-14-26-30-21(31)16-7-8-18(19(10-16)33-4)28-23-25-11-17-9-15(2)27-22(20(17)29-23)32-12-24(3,13-32)34-5/h7-11,14H,6,12-13H2,1-5H3,(H,25,28,29). The summed E-state index contributed by atoms with van der Waals surface area (Å²) in [6, 6.07) is 7.84. The number of benzene rings is 1. The van der Waals surface area contributed by atoms with Crippen LogP contribution in [-0.2, 0) is 11.3 Å². The normalized spacial score (nSPS) is 14.8. The predicted molar refractivity (Wildman–Crippen MR) is 131 cm³/mol. The van der Waals surface area contributed by atoms with E-state index in [9.17, 15) is 0 Å². The van der Waals surface area contributed by atoms with Gasteiger partial charge in [0.25, 0.3) is 0 Å². The van der Waals surface area contributed by atoms with Crippen LogP contribution in [0.5, 0.6) is 5.75 Å². The number of fused-ring (bicyclic) bond motifs is 1. The molecule has 1 fully saturated rings. The van der Waals surface area contributed by atoms with Crippen LogP contribution in [0.2, 0.25) is 0 Å². The Labute approximate surface area is 198 Å². The van der Waals surface area contributed by atoms with E-state index >= 15 is 0 Å². The molecule has 4 aromatic rings. The van der Waals surface area contributed by atoms with Crippen LogP contribution >= 0.6 is 0 Å². The largest absolute Gasteiger partial charge is 0.495 e.